The number of aliphatic hydroxyl groups is 1. The number of aryl methyl sites for hydroxylation is 1. The molecule has 1 fully saturated rings. The van der Waals surface area contributed by atoms with E-state index in [4.69, 9.17) is 0 Å². The van der Waals surface area contributed by atoms with Crippen LogP contribution in [0, 0.1) is 5.41 Å². The topological polar surface area (TPSA) is 20.2 Å². The highest BCUT2D eigenvalue weighted by Crippen LogP contribution is 2.51. The second kappa shape index (κ2) is 6.61. The first-order valence-electron chi connectivity index (χ1n) is 9.68. The Kier molecular flexibility index (Phi) is 4.81. The summed E-state index contributed by atoms with van der Waals surface area (Å²) in [6.45, 7) is 10.8. The summed E-state index contributed by atoms with van der Waals surface area (Å²) < 4.78 is 0. The van der Waals surface area contributed by atoms with Gasteiger partial charge in [0.05, 0.1) is 5.60 Å². The van der Waals surface area contributed by atoms with Crippen molar-refractivity contribution in [2.75, 3.05) is 0 Å². The summed E-state index contributed by atoms with van der Waals surface area (Å²) in [7, 11) is 0. The summed E-state index contributed by atoms with van der Waals surface area (Å²) in [5.41, 5.74) is 5.99. The molecule has 1 N–H and O–H groups in total. The van der Waals surface area contributed by atoms with Crippen LogP contribution < -0.4 is 0 Å². The summed E-state index contributed by atoms with van der Waals surface area (Å²) in [6.07, 6.45) is 4.97. The first kappa shape index (κ1) is 18.2. The maximum absolute atomic E-state index is 10.4. The molecular weight excluding hydrogens is 304 g/mol. The van der Waals surface area contributed by atoms with Crippen molar-refractivity contribution in [3.63, 3.8) is 0 Å². The molecule has 0 aromatic heterocycles. The molecule has 1 nitrogen and oxygen atoms in total. The molecule has 1 aliphatic rings. The molecule has 3 rings (SSSR count). The van der Waals surface area contributed by atoms with E-state index in [2.05, 4.69) is 57.2 Å². The first-order valence-corrected chi connectivity index (χ1v) is 9.68. The molecule has 0 spiro atoms. The molecule has 1 heteroatoms. The standard InChI is InChI=1S/C24H32O/c1-6-17-12-13-20(18-9-7-10-19(16-18)24(4,5)25)21(15-17)22-11-8-14-23(22,2)3/h7,9-10,12-13,15-16,22,25H,6,8,11,14H2,1-5H3/t22-/m1/s1. The molecule has 134 valence electrons. The molecule has 0 amide bonds. The van der Waals surface area contributed by atoms with Crippen LogP contribution in [0.2, 0.25) is 0 Å². The van der Waals surface area contributed by atoms with Gasteiger partial charge in [0.25, 0.3) is 0 Å². The molecule has 2 aromatic carbocycles. The lowest BCUT2D eigenvalue weighted by atomic mass is 9.75. The van der Waals surface area contributed by atoms with Crippen LogP contribution >= 0.6 is 0 Å². The van der Waals surface area contributed by atoms with Crippen molar-refractivity contribution in [2.45, 2.75) is 71.8 Å². The van der Waals surface area contributed by atoms with Gasteiger partial charge >= 0.3 is 0 Å². The number of hydrogen-bond donors (Lipinski definition) is 1. The highest BCUT2D eigenvalue weighted by atomic mass is 16.3. The van der Waals surface area contributed by atoms with Crippen molar-refractivity contribution in [3.8, 4) is 11.1 Å². The van der Waals surface area contributed by atoms with Crippen molar-refractivity contribution in [1.29, 1.82) is 0 Å². The van der Waals surface area contributed by atoms with Gasteiger partial charge in [-0.15, -0.1) is 0 Å². The third kappa shape index (κ3) is 3.67. The Balaban J connectivity index is 2.14. The van der Waals surface area contributed by atoms with Crippen LogP contribution in [0.25, 0.3) is 11.1 Å². The average molecular weight is 337 g/mol. The summed E-state index contributed by atoms with van der Waals surface area (Å²) in [5.74, 6) is 0.611. The van der Waals surface area contributed by atoms with Gasteiger partial charge in [0.2, 0.25) is 0 Å². The minimum Gasteiger partial charge on any atom is -0.386 e. The Hall–Kier alpha value is -1.60. The molecule has 25 heavy (non-hydrogen) atoms. The zero-order chi connectivity index (χ0) is 18.2. The Morgan fingerprint density at radius 3 is 2.48 bits per heavy atom. The maximum Gasteiger partial charge on any atom is 0.0840 e. The van der Waals surface area contributed by atoms with E-state index >= 15 is 0 Å². The smallest absolute Gasteiger partial charge is 0.0840 e. The van der Waals surface area contributed by atoms with Crippen LogP contribution in [-0.2, 0) is 12.0 Å². The van der Waals surface area contributed by atoms with Crippen LogP contribution in [0.1, 0.15) is 76.5 Å². The van der Waals surface area contributed by atoms with Crippen molar-refractivity contribution in [3.05, 3.63) is 59.2 Å². The normalized spacial score (nSPS) is 20.0. The van der Waals surface area contributed by atoms with Gasteiger partial charge in [-0.1, -0.05) is 63.6 Å². The number of benzene rings is 2. The number of rotatable bonds is 4. The fourth-order valence-corrected chi connectivity index (χ4v) is 4.35. The van der Waals surface area contributed by atoms with Gasteiger partial charge in [0.1, 0.15) is 0 Å². The molecule has 0 radical (unpaired) electrons. The van der Waals surface area contributed by atoms with Crippen LogP contribution in [0.4, 0.5) is 0 Å². The van der Waals surface area contributed by atoms with E-state index in [0.717, 1.165) is 12.0 Å². The lowest BCUT2D eigenvalue weighted by molar-refractivity contribution is 0.0786. The maximum atomic E-state index is 10.4. The van der Waals surface area contributed by atoms with Gasteiger partial charge in [0.15, 0.2) is 0 Å². The molecule has 1 atom stereocenters. The summed E-state index contributed by atoms with van der Waals surface area (Å²) in [5, 5.41) is 10.4. The van der Waals surface area contributed by atoms with E-state index in [1.165, 1.54) is 41.5 Å². The summed E-state index contributed by atoms with van der Waals surface area (Å²) >= 11 is 0. The Bertz CT molecular complexity index is 749. The van der Waals surface area contributed by atoms with Crippen LogP contribution in [-0.4, -0.2) is 5.11 Å². The minimum absolute atomic E-state index is 0.356. The third-order valence-electron chi connectivity index (χ3n) is 6.04. The quantitative estimate of drug-likeness (QED) is 0.681. The van der Waals surface area contributed by atoms with E-state index in [1.807, 2.05) is 19.9 Å². The Morgan fingerprint density at radius 1 is 1.12 bits per heavy atom. The molecular formula is C24H32O. The zero-order valence-corrected chi connectivity index (χ0v) is 16.4. The van der Waals surface area contributed by atoms with Gasteiger partial charge in [0, 0.05) is 0 Å². The largest absolute Gasteiger partial charge is 0.386 e. The van der Waals surface area contributed by atoms with Crippen molar-refractivity contribution >= 4 is 0 Å². The monoisotopic (exact) mass is 336 g/mol. The molecule has 1 aliphatic carbocycles. The molecule has 0 unspecified atom stereocenters. The highest BCUT2D eigenvalue weighted by molar-refractivity contribution is 5.70. The van der Waals surface area contributed by atoms with E-state index in [0.29, 0.717) is 11.3 Å². The van der Waals surface area contributed by atoms with Crippen LogP contribution in [0.15, 0.2) is 42.5 Å². The fraction of sp³-hybridized carbons (Fsp3) is 0.500. The van der Waals surface area contributed by atoms with Crippen LogP contribution in [0.5, 0.6) is 0 Å². The molecule has 2 aromatic rings. The van der Waals surface area contributed by atoms with E-state index in [1.54, 1.807) is 0 Å². The molecule has 0 heterocycles. The van der Waals surface area contributed by atoms with E-state index < -0.39 is 5.60 Å². The first-order chi connectivity index (χ1) is 11.7. The molecule has 0 aliphatic heterocycles. The Labute approximate surface area is 153 Å². The van der Waals surface area contributed by atoms with Crippen molar-refractivity contribution in [2.24, 2.45) is 5.41 Å². The van der Waals surface area contributed by atoms with Crippen LogP contribution in [0.3, 0.4) is 0 Å². The predicted molar refractivity (Wildman–Crippen MR) is 107 cm³/mol. The molecule has 0 saturated heterocycles. The van der Waals surface area contributed by atoms with Gasteiger partial charge in [-0.2, -0.15) is 0 Å². The predicted octanol–water partition coefficient (Wildman–Crippen LogP) is 6.44. The zero-order valence-electron chi connectivity index (χ0n) is 16.4. The number of hydrogen-bond acceptors (Lipinski definition) is 1. The lowest BCUT2D eigenvalue weighted by Crippen LogP contribution is -2.17. The van der Waals surface area contributed by atoms with Gasteiger partial charge in [-0.3, -0.25) is 0 Å². The Morgan fingerprint density at radius 2 is 1.88 bits per heavy atom. The highest BCUT2D eigenvalue weighted by Gasteiger charge is 2.36. The molecule has 0 bridgehead atoms. The van der Waals surface area contributed by atoms with Gasteiger partial charge in [-0.05, 0) is 78.3 Å². The summed E-state index contributed by atoms with van der Waals surface area (Å²) in [4.78, 5) is 0. The molecule has 1 saturated carbocycles. The summed E-state index contributed by atoms with van der Waals surface area (Å²) in [6, 6.07) is 15.4. The minimum atomic E-state index is -0.813. The van der Waals surface area contributed by atoms with E-state index in [-0.39, 0.29) is 0 Å². The van der Waals surface area contributed by atoms with Gasteiger partial charge < -0.3 is 5.11 Å². The average Bonchev–Trinajstić information content (AvgIpc) is 2.92. The second-order valence-electron chi connectivity index (χ2n) is 8.85. The fourth-order valence-electron chi connectivity index (χ4n) is 4.35. The van der Waals surface area contributed by atoms with Crippen molar-refractivity contribution < 1.29 is 5.11 Å². The lowest BCUT2D eigenvalue weighted by Gasteiger charge is -2.30. The second-order valence-corrected chi connectivity index (χ2v) is 8.85. The third-order valence-corrected chi connectivity index (χ3v) is 6.04. The van der Waals surface area contributed by atoms with Crippen molar-refractivity contribution in [1.82, 2.24) is 0 Å². The van der Waals surface area contributed by atoms with E-state index in [9.17, 15) is 5.11 Å². The SMILES string of the molecule is CCc1ccc(-c2cccc(C(C)(C)O)c2)c([C@H]2CCCC2(C)C)c1. The van der Waals surface area contributed by atoms with Gasteiger partial charge in [-0.25, -0.2) is 0 Å².